The third-order valence-corrected chi connectivity index (χ3v) is 30.7. The zero-order valence-corrected chi connectivity index (χ0v) is 65.0. The Morgan fingerprint density at radius 2 is 0.589 bits per heavy atom. The Morgan fingerprint density at radius 1 is 0.348 bits per heavy atom. The van der Waals surface area contributed by atoms with Crippen molar-refractivity contribution in [3.8, 4) is 40.2 Å². The van der Waals surface area contributed by atoms with Crippen LogP contribution in [0.15, 0.2) is 99.2 Å². The van der Waals surface area contributed by atoms with Crippen molar-refractivity contribution in [3.63, 3.8) is 0 Å². The number of hydrogen-bond acceptors (Lipinski definition) is 23. The van der Waals surface area contributed by atoms with E-state index in [9.17, 15) is 35.7 Å². The van der Waals surface area contributed by atoms with Crippen LogP contribution in [0.1, 0.15) is 127 Å². The predicted octanol–water partition coefficient (Wildman–Crippen LogP) is 7.17. The molecular formula is C89H114N4O19. The van der Waals surface area contributed by atoms with E-state index in [1.54, 1.807) is 18.2 Å². The molecule has 8 aliphatic heterocycles. The highest BCUT2D eigenvalue weighted by Crippen LogP contribution is 2.71. The average Bonchev–Trinajstić information content (AvgIpc) is 1.46. The van der Waals surface area contributed by atoms with Crippen LogP contribution in [-0.4, -0.2) is 282 Å². The van der Waals surface area contributed by atoms with Gasteiger partial charge in [-0.3, -0.25) is 19.6 Å². The Morgan fingerprint density at radius 3 is 0.857 bits per heavy atom. The van der Waals surface area contributed by atoms with E-state index in [1.165, 1.54) is 11.1 Å². The van der Waals surface area contributed by atoms with E-state index in [4.69, 9.17) is 56.8 Å². The molecule has 8 bridgehead atoms. The van der Waals surface area contributed by atoms with Crippen LogP contribution in [0.3, 0.4) is 0 Å². The first-order valence-electron chi connectivity index (χ1n) is 41.9. The van der Waals surface area contributed by atoms with Crippen molar-refractivity contribution in [2.24, 2.45) is 0 Å². The van der Waals surface area contributed by atoms with Crippen LogP contribution in [-0.2, 0) is 85.2 Å². The van der Waals surface area contributed by atoms with E-state index in [2.05, 4.69) is 65.0 Å². The minimum atomic E-state index is -0.980. The van der Waals surface area contributed by atoms with E-state index in [0.717, 1.165) is 155 Å². The first kappa shape index (κ1) is 75.8. The normalized spacial score (nSPS) is 38.3. The van der Waals surface area contributed by atoms with Gasteiger partial charge < -0.3 is 92.6 Å². The van der Waals surface area contributed by atoms with Gasteiger partial charge in [0.25, 0.3) is 0 Å². The summed E-state index contributed by atoms with van der Waals surface area (Å²) in [6.45, 7) is 29.3. The molecule has 112 heavy (non-hydrogen) atoms. The van der Waals surface area contributed by atoms with Crippen LogP contribution < -0.4 is 18.9 Å². The molecule has 23 nitrogen and oxygen atoms in total. The summed E-state index contributed by atoms with van der Waals surface area (Å²) in [5.41, 5.74) is 3.90. The molecule has 0 aromatic heterocycles. The van der Waals surface area contributed by atoms with E-state index < -0.39 is 44.1 Å². The SMILES string of the molecule is C=CCN1CC[C@]23c4c5ccc(O)c4OC2C(OCCOCCOCCOC2CC[C@@]4(O)C6Cc7ccc(C)c8c7[C@@]4(CCN6CC=C)[C@H]2O8)CC[C@@]3(O)C1C5.C=CCN1CC[C@]23c4c5ccc(O)c4OC2C(OCCOCCOCCOC2CC[C@@]4(O)C6Cc7ccc(O)c8c7[C@@]4(CCN6CC=C)[C@H]2O8)CC[C@@]3(O)C1C5. The molecule has 4 saturated carbocycles. The fraction of sp³-hybridized carbons (Fsp3) is 0.640. The number of aryl methyl sites for hydroxylation is 1. The summed E-state index contributed by atoms with van der Waals surface area (Å²) >= 11 is 0. The molecule has 4 saturated heterocycles. The van der Waals surface area contributed by atoms with Gasteiger partial charge in [-0.1, -0.05) is 54.6 Å². The molecule has 20 rings (SSSR count). The molecule has 0 radical (unpaired) electrons. The Labute approximate surface area is 656 Å². The van der Waals surface area contributed by atoms with Crippen LogP contribution in [0.4, 0.5) is 0 Å². The predicted molar refractivity (Wildman–Crippen MR) is 414 cm³/mol. The maximum absolute atomic E-state index is 12.6. The second-order valence-electron chi connectivity index (χ2n) is 35.1. The molecule has 604 valence electrons. The van der Waals surface area contributed by atoms with Crippen LogP contribution in [0, 0.1) is 6.92 Å². The van der Waals surface area contributed by atoms with E-state index in [-0.39, 0.29) is 90.2 Å². The van der Waals surface area contributed by atoms with Gasteiger partial charge in [-0.25, -0.2) is 0 Å². The summed E-state index contributed by atoms with van der Waals surface area (Å²) in [5, 5.41) is 82.8. The molecule has 20 atom stereocenters. The molecule has 8 fully saturated rings. The highest BCUT2D eigenvalue weighted by atomic mass is 16.6. The standard InChI is InChI=1S/C45H58N2O9.C44H56N2O10/c1-4-16-46-18-14-42-36-29-7-6-28(3)38(36)55-40(42)32(10-12-44(42,49)34(46)26-29)53-24-22-51-20-21-52-23-25-54-33-11-13-45(50)35-27-30-8-9-31(48)39-37(30)43(45,41(33)56-39)15-19-47(35)17-5-2;1-3-15-45-17-13-41-35-27-5-7-29(47)37(35)55-39(41)31(9-11-43(41,49)33(45)25-27)53-23-21-51-19-20-52-22-24-54-32-10-12-44(50)34-26-28-6-8-30(48)38-36(28)42(44,40(32)56-38)14-18-46(34)16-4-2/h4-9,32-35,40-41,48-50H,1-2,10-27H2,3H3;3-8,31-34,39-40,47-50H,1-2,9-26H2/t32?,33?,34?,35?,40-,41?,42-,43-,44+,45+;31?,32?,33?,34?,39-,40?,41-,42-,43+,44+/m00/s1. The smallest absolute Gasteiger partial charge is 0.165 e. The van der Waals surface area contributed by atoms with Crippen molar-refractivity contribution < 1.29 is 92.6 Å². The van der Waals surface area contributed by atoms with Crippen molar-refractivity contribution >= 4 is 0 Å². The monoisotopic (exact) mass is 1540 g/mol. The fourth-order valence-electron chi connectivity index (χ4n) is 26.4. The zero-order chi connectivity index (χ0) is 76.9. The van der Waals surface area contributed by atoms with E-state index in [0.29, 0.717) is 141 Å². The Balaban J connectivity index is 0.000000151. The molecular weight excluding hydrogens is 1430 g/mol. The molecule has 7 N–H and O–H groups in total. The number of likely N-dealkylation sites (tertiary alicyclic amines) is 4. The van der Waals surface area contributed by atoms with Gasteiger partial charge in [0, 0.05) is 72.6 Å². The minimum Gasteiger partial charge on any atom is -0.504 e. The first-order chi connectivity index (χ1) is 54.4. The fourth-order valence-corrected chi connectivity index (χ4v) is 26.4. The number of aromatic hydroxyl groups is 3. The number of benzene rings is 4. The molecule has 4 spiro atoms. The summed E-state index contributed by atoms with van der Waals surface area (Å²) in [5.74, 6) is 2.89. The van der Waals surface area contributed by atoms with Crippen LogP contribution in [0.2, 0.25) is 0 Å². The maximum atomic E-state index is 12.6. The summed E-state index contributed by atoms with van der Waals surface area (Å²) in [6, 6.07) is 15.5. The average molecular weight is 1540 g/mol. The summed E-state index contributed by atoms with van der Waals surface area (Å²) in [4.78, 5) is 9.48. The third kappa shape index (κ3) is 10.7. The lowest BCUT2D eigenvalue weighted by Gasteiger charge is -2.64. The van der Waals surface area contributed by atoms with Gasteiger partial charge in [0.1, 0.15) is 30.2 Å². The second-order valence-corrected chi connectivity index (χ2v) is 35.1. The zero-order valence-electron chi connectivity index (χ0n) is 65.0. The van der Waals surface area contributed by atoms with Gasteiger partial charge >= 0.3 is 0 Å². The maximum Gasteiger partial charge on any atom is 0.165 e. The lowest BCUT2D eigenvalue weighted by molar-refractivity contribution is -0.215. The molecule has 10 unspecified atom stereocenters. The van der Waals surface area contributed by atoms with Gasteiger partial charge in [-0.2, -0.15) is 0 Å². The molecule has 0 amide bonds. The van der Waals surface area contributed by atoms with Crippen molar-refractivity contribution in [1.29, 1.82) is 0 Å². The van der Waals surface area contributed by atoms with Crippen molar-refractivity contribution in [2.45, 2.75) is 227 Å². The number of piperidine rings is 4. The number of phenols is 3. The molecule has 8 heterocycles. The largest absolute Gasteiger partial charge is 0.504 e. The minimum absolute atomic E-state index is 0.0356. The van der Waals surface area contributed by atoms with E-state index in [1.807, 2.05) is 42.5 Å². The Bertz CT molecular complexity index is 3780. The number of rotatable bonds is 30. The quantitative estimate of drug-likeness (QED) is 0.0202. The molecule has 8 aliphatic carbocycles. The molecule has 4 aromatic rings. The lowest BCUT2D eigenvalue weighted by Crippen LogP contribution is -2.77. The molecule has 23 heteroatoms. The summed E-state index contributed by atoms with van der Waals surface area (Å²) in [7, 11) is 0. The topological polar surface area (TPSA) is 265 Å². The van der Waals surface area contributed by atoms with Crippen molar-refractivity contribution in [3.05, 3.63) is 149 Å². The van der Waals surface area contributed by atoms with Crippen molar-refractivity contribution in [1.82, 2.24) is 19.6 Å². The molecule has 4 aromatic carbocycles. The number of hydrogen-bond donors (Lipinski definition) is 7. The number of aliphatic hydroxyl groups is 4. The van der Waals surface area contributed by atoms with Crippen molar-refractivity contribution in [2.75, 3.05) is 132 Å². The third-order valence-electron chi connectivity index (χ3n) is 30.7. The van der Waals surface area contributed by atoms with Crippen LogP contribution in [0.5, 0.6) is 40.2 Å². The summed E-state index contributed by atoms with van der Waals surface area (Å²) < 4.78 is 76.1. The molecule has 16 aliphatic rings. The second kappa shape index (κ2) is 28.9. The van der Waals surface area contributed by atoms with Gasteiger partial charge in [0.05, 0.1) is 148 Å². The van der Waals surface area contributed by atoms with E-state index >= 15 is 0 Å². The first-order valence-corrected chi connectivity index (χ1v) is 41.9. The lowest BCUT2D eigenvalue weighted by atomic mass is 9.48. The van der Waals surface area contributed by atoms with Gasteiger partial charge in [-0.15, -0.1) is 26.3 Å². The van der Waals surface area contributed by atoms with Crippen LogP contribution in [0.25, 0.3) is 0 Å². The number of nitrogens with zero attached hydrogens (tertiary/aromatic N) is 4. The summed E-state index contributed by atoms with van der Waals surface area (Å²) in [6.07, 6.45) is 16.7. The van der Waals surface area contributed by atoms with Crippen LogP contribution >= 0.6 is 0 Å². The number of ether oxygens (including phenoxy) is 12. The Hall–Kier alpha value is -6.20. The Kier molecular flexibility index (Phi) is 19.5. The van der Waals surface area contributed by atoms with Gasteiger partial charge in [0.2, 0.25) is 0 Å². The highest BCUT2D eigenvalue weighted by Gasteiger charge is 2.78. The highest BCUT2D eigenvalue weighted by molar-refractivity contribution is 5.66. The number of phenolic OH excluding ortho intramolecular Hbond substituents is 3. The van der Waals surface area contributed by atoms with Gasteiger partial charge in [-0.05, 0) is 182 Å². The van der Waals surface area contributed by atoms with Gasteiger partial charge in [0.15, 0.2) is 34.5 Å².